The Morgan fingerprint density at radius 2 is 1.92 bits per heavy atom. The molecule has 0 aromatic carbocycles. The maximum Gasteiger partial charge on any atom is 0.291 e. The van der Waals surface area contributed by atoms with E-state index >= 15 is 0 Å². The topological polar surface area (TPSA) is 92.2 Å². The molecule has 0 fully saturated rings. The molecule has 1 aromatic heterocycles. The molecule has 0 amide bonds. The maximum atomic E-state index is 8.49. The first-order chi connectivity index (χ1) is 5.43. The van der Waals surface area contributed by atoms with Gasteiger partial charge in [0.1, 0.15) is 0 Å². The summed E-state index contributed by atoms with van der Waals surface area (Å²) in [7, 11) is -1.27. The van der Waals surface area contributed by atoms with Crippen molar-refractivity contribution in [1.82, 2.24) is 0 Å². The maximum absolute atomic E-state index is 8.49. The van der Waals surface area contributed by atoms with Gasteiger partial charge < -0.3 is 0 Å². The molecule has 12 heavy (non-hydrogen) atoms. The zero-order valence-corrected chi connectivity index (χ0v) is 8.58. The van der Waals surface area contributed by atoms with E-state index in [9.17, 15) is 0 Å². The summed E-state index contributed by atoms with van der Waals surface area (Å²) in [6.07, 6.45) is 1.19. The molecule has 0 aliphatic rings. The number of aryl methyl sites for hydroxylation is 1. The smallest absolute Gasteiger partial charge is 0.222 e. The summed E-state index contributed by atoms with van der Waals surface area (Å²) in [5.74, 6) is 0. The third kappa shape index (κ3) is 10.2. The molecule has 0 bridgehead atoms. The molecule has 0 aliphatic heterocycles. The average Bonchev–Trinajstić information content (AvgIpc) is 2.33. The minimum Gasteiger partial charge on any atom is -0.222 e. The van der Waals surface area contributed by atoms with Gasteiger partial charge in [-0.25, -0.2) is 18.6 Å². The molecular weight excluding hydrogens is 224 g/mol. The van der Waals surface area contributed by atoms with Crippen LogP contribution in [-0.4, -0.2) is 0 Å². The zero-order valence-electron chi connectivity index (χ0n) is 6.19. The molecule has 1 rings (SSSR count). The Hall–Kier alpha value is 0.180. The van der Waals surface area contributed by atoms with E-state index in [0.29, 0.717) is 0 Å². The van der Waals surface area contributed by atoms with Gasteiger partial charge >= 0.3 is 0 Å². The summed E-state index contributed by atoms with van der Waals surface area (Å²) >= 11 is 0. The van der Waals surface area contributed by atoms with Gasteiger partial charge in [0.25, 0.3) is 10.3 Å². The Kier molecular flexibility index (Phi) is 5.85. The Bertz CT molecular complexity index is 190. The summed E-state index contributed by atoms with van der Waals surface area (Å²) in [4.78, 5) is 1.49. The lowest BCUT2D eigenvalue weighted by Gasteiger charge is -2.17. The van der Waals surface area contributed by atoms with Crippen LogP contribution in [0.5, 0.6) is 0 Å². The molecule has 0 saturated heterocycles. The van der Waals surface area contributed by atoms with Crippen molar-refractivity contribution >= 4 is 20.7 Å². The second-order valence-corrected chi connectivity index (χ2v) is 4.67. The predicted octanol–water partition coefficient (Wildman–Crippen LogP) is -2.10. The standard InChI is InChI=1S/C5H7S2.ClHO4/c1-2-5-3-4-6-7-5;2-1(3,4)5/h3-4H,2H2,1H3;(H,2,3,4,5)/q+1;/p-1. The van der Waals surface area contributed by atoms with Crippen molar-refractivity contribution in [2.75, 3.05) is 0 Å². The van der Waals surface area contributed by atoms with Crippen molar-refractivity contribution in [1.29, 1.82) is 0 Å². The van der Waals surface area contributed by atoms with Crippen molar-refractivity contribution in [2.45, 2.75) is 13.3 Å². The van der Waals surface area contributed by atoms with Crippen LogP contribution >= 0.6 is 20.7 Å². The first kappa shape index (κ1) is 12.2. The van der Waals surface area contributed by atoms with E-state index in [1.54, 1.807) is 10.3 Å². The minimum atomic E-state index is -4.94. The molecule has 0 radical (unpaired) electrons. The van der Waals surface area contributed by atoms with Gasteiger partial charge in [0, 0.05) is 6.07 Å². The van der Waals surface area contributed by atoms with Gasteiger partial charge in [0.05, 0.1) is 4.88 Å². The molecule has 1 aromatic rings. The monoisotopic (exact) mass is 230 g/mol. The second kappa shape index (κ2) is 5.76. The van der Waals surface area contributed by atoms with Crippen LogP contribution in [0.4, 0.5) is 0 Å². The molecule has 0 unspecified atom stereocenters. The van der Waals surface area contributed by atoms with E-state index < -0.39 is 10.2 Å². The molecule has 0 atom stereocenters. The summed E-state index contributed by atoms with van der Waals surface area (Å²) < 4.78 is 34.0. The molecule has 0 N–H and O–H groups in total. The summed E-state index contributed by atoms with van der Waals surface area (Å²) in [6, 6.07) is 2.18. The summed E-state index contributed by atoms with van der Waals surface area (Å²) in [5.41, 5.74) is 0. The van der Waals surface area contributed by atoms with Gasteiger partial charge in [-0.2, -0.15) is 0 Å². The lowest BCUT2D eigenvalue weighted by molar-refractivity contribution is -2.00. The fraction of sp³-hybridized carbons (Fsp3) is 0.400. The van der Waals surface area contributed by atoms with Crippen LogP contribution < -0.4 is 18.6 Å². The van der Waals surface area contributed by atoms with Gasteiger partial charge in [-0.15, -0.1) is 10.2 Å². The molecule has 4 nitrogen and oxygen atoms in total. The fourth-order valence-electron chi connectivity index (χ4n) is 0.398. The van der Waals surface area contributed by atoms with Crippen LogP contribution in [0, 0.1) is 10.2 Å². The van der Waals surface area contributed by atoms with Crippen LogP contribution in [0.25, 0.3) is 0 Å². The lowest BCUT2D eigenvalue weighted by atomic mass is 10.4. The van der Waals surface area contributed by atoms with Gasteiger partial charge in [0.2, 0.25) is 5.38 Å². The van der Waals surface area contributed by atoms with Crippen LogP contribution in [0.3, 0.4) is 0 Å². The number of rotatable bonds is 1. The quantitative estimate of drug-likeness (QED) is 0.408. The van der Waals surface area contributed by atoms with Crippen molar-refractivity contribution in [3.63, 3.8) is 0 Å². The number of hydrogen-bond acceptors (Lipinski definition) is 5. The summed E-state index contributed by atoms with van der Waals surface area (Å²) in [6.45, 7) is 2.18. The summed E-state index contributed by atoms with van der Waals surface area (Å²) in [5, 5.41) is 2.13. The van der Waals surface area contributed by atoms with Gasteiger partial charge in [-0.3, -0.25) is 0 Å². The molecule has 70 valence electrons. The number of halogens is 1. The SMILES string of the molecule is CCc1cc[s+]s1.[O-][Cl+3]([O-])([O-])[O-]. The van der Waals surface area contributed by atoms with Crippen molar-refractivity contribution in [3.8, 4) is 0 Å². The largest absolute Gasteiger partial charge is 0.291 e. The predicted molar refractivity (Wildman–Crippen MR) is 36.0 cm³/mol. The van der Waals surface area contributed by atoms with Crippen molar-refractivity contribution in [2.24, 2.45) is 0 Å². The molecule has 0 saturated carbocycles. The van der Waals surface area contributed by atoms with E-state index in [1.165, 1.54) is 11.3 Å². The van der Waals surface area contributed by atoms with Crippen LogP contribution in [0.1, 0.15) is 11.8 Å². The molecular formula is C5H7ClO4S2. The normalized spacial score (nSPS) is 10.4. The molecule has 0 spiro atoms. The molecule has 7 heteroatoms. The third-order valence-electron chi connectivity index (χ3n) is 0.813. The average molecular weight is 231 g/mol. The van der Waals surface area contributed by atoms with E-state index in [1.807, 2.05) is 10.3 Å². The molecule has 1 heterocycles. The van der Waals surface area contributed by atoms with E-state index in [2.05, 4.69) is 18.4 Å². The lowest BCUT2D eigenvalue weighted by Crippen LogP contribution is -2.68. The highest BCUT2D eigenvalue weighted by molar-refractivity contribution is 7.68. The van der Waals surface area contributed by atoms with E-state index in [0.717, 1.165) is 0 Å². The minimum absolute atomic E-state index is 1.19. The fourth-order valence-corrected chi connectivity index (χ4v) is 2.35. The van der Waals surface area contributed by atoms with Crippen LogP contribution in [0.15, 0.2) is 11.4 Å². The zero-order chi connectivity index (χ0) is 9.61. The Morgan fingerprint density at radius 1 is 1.42 bits per heavy atom. The third-order valence-corrected chi connectivity index (χ3v) is 3.06. The number of hydrogen-bond donors (Lipinski definition) is 0. The van der Waals surface area contributed by atoms with Crippen LogP contribution in [-0.2, 0) is 6.42 Å². The van der Waals surface area contributed by atoms with Gasteiger partial charge in [0.15, 0.2) is 10.3 Å². The van der Waals surface area contributed by atoms with Crippen LogP contribution in [0.2, 0.25) is 0 Å². The Balaban J connectivity index is 0.000000217. The highest BCUT2D eigenvalue weighted by atomic mass is 35.7. The van der Waals surface area contributed by atoms with Gasteiger partial charge in [-0.1, -0.05) is 6.92 Å². The van der Waals surface area contributed by atoms with Crippen molar-refractivity contribution in [3.05, 3.63) is 16.3 Å². The first-order valence-electron chi connectivity index (χ1n) is 2.91. The van der Waals surface area contributed by atoms with Crippen molar-refractivity contribution < 1.29 is 28.9 Å². The van der Waals surface area contributed by atoms with Gasteiger partial charge in [-0.05, 0) is 6.42 Å². The second-order valence-electron chi connectivity index (χ2n) is 1.68. The highest BCUT2D eigenvalue weighted by Gasteiger charge is 1.96. The van der Waals surface area contributed by atoms with E-state index in [-0.39, 0.29) is 0 Å². The molecule has 0 aliphatic carbocycles. The highest BCUT2D eigenvalue weighted by Crippen LogP contribution is 2.14. The Labute approximate surface area is 79.5 Å². The van der Waals surface area contributed by atoms with E-state index in [4.69, 9.17) is 18.6 Å². The first-order valence-corrected chi connectivity index (χ1v) is 6.35. The Morgan fingerprint density at radius 3 is 2.08 bits per heavy atom.